The largest absolute Gasteiger partial charge is 0.487 e. The monoisotopic (exact) mass is 352 g/mol. The van der Waals surface area contributed by atoms with E-state index in [1.54, 1.807) is 18.3 Å². The van der Waals surface area contributed by atoms with Crippen LogP contribution in [-0.2, 0) is 13.2 Å². The number of halogens is 2. The highest BCUT2D eigenvalue weighted by molar-refractivity contribution is 9.10. The molecular formula is C16H18BrFN2O. The molecule has 1 heterocycles. The number of ether oxygens (including phenoxy) is 1. The molecule has 0 fully saturated rings. The lowest BCUT2D eigenvalue weighted by Crippen LogP contribution is -2.22. The predicted molar refractivity (Wildman–Crippen MR) is 84.6 cm³/mol. The summed E-state index contributed by atoms with van der Waals surface area (Å²) >= 11 is 3.32. The summed E-state index contributed by atoms with van der Waals surface area (Å²) in [7, 11) is 0. The van der Waals surface area contributed by atoms with Crippen LogP contribution in [0.5, 0.6) is 5.75 Å². The van der Waals surface area contributed by atoms with Crippen LogP contribution in [-0.4, -0.2) is 11.0 Å². The Hall–Kier alpha value is -1.46. The zero-order valence-electron chi connectivity index (χ0n) is 12.1. The van der Waals surface area contributed by atoms with Crippen LogP contribution in [0.4, 0.5) is 4.39 Å². The summed E-state index contributed by atoms with van der Waals surface area (Å²) in [6.07, 6.45) is 1.66. The van der Waals surface area contributed by atoms with Crippen molar-refractivity contribution in [3.63, 3.8) is 0 Å². The third kappa shape index (κ3) is 5.10. The maximum Gasteiger partial charge on any atom is 0.138 e. The summed E-state index contributed by atoms with van der Waals surface area (Å²) < 4.78 is 20.0. The van der Waals surface area contributed by atoms with Gasteiger partial charge in [0.15, 0.2) is 0 Å². The van der Waals surface area contributed by atoms with E-state index in [-0.39, 0.29) is 12.4 Å². The van der Waals surface area contributed by atoms with E-state index < -0.39 is 0 Å². The number of hydrogen-bond acceptors (Lipinski definition) is 3. The lowest BCUT2D eigenvalue weighted by molar-refractivity contribution is 0.298. The minimum Gasteiger partial charge on any atom is -0.487 e. The first-order chi connectivity index (χ1) is 10.0. The van der Waals surface area contributed by atoms with E-state index in [0.717, 1.165) is 16.7 Å². The van der Waals surface area contributed by atoms with Crippen LogP contribution in [0.25, 0.3) is 0 Å². The fourth-order valence-corrected chi connectivity index (χ4v) is 2.13. The number of rotatable bonds is 6. The summed E-state index contributed by atoms with van der Waals surface area (Å²) in [5, 5.41) is 3.29. The SMILES string of the molecule is CC(C)NCc1ccc(OCc2cc(Br)ccc2F)cn1. The zero-order chi connectivity index (χ0) is 15.2. The molecular weight excluding hydrogens is 335 g/mol. The molecule has 1 aromatic carbocycles. The van der Waals surface area contributed by atoms with E-state index in [4.69, 9.17) is 4.74 Å². The Morgan fingerprint density at radius 3 is 2.76 bits per heavy atom. The first-order valence-electron chi connectivity index (χ1n) is 6.79. The second-order valence-corrected chi connectivity index (χ2v) is 5.96. The van der Waals surface area contributed by atoms with Gasteiger partial charge in [-0.2, -0.15) is 0 Å². The minimum atomic E-state index is -0.274. The molecule has 1 N–H and O–H groups in total. The molecule has 0 bridgehead atoms. The summed E-state index contributed by atoms with van der Waals surface area (Å²) in [4.78, 5) is 4.31. The second kappa shape index (κ2) is 7.52. The van der Waals surface area contributed by atoms with Crippen molar-refractivity contribution >= 4 is 15.9 Å². The molecule has 0 aliphatic heterocycles. The Kier molecular flexibility index (Phi) is 5.70. The zero-order valence-corrected chi connectivity index (χ0v) is 13.7. The highest BCUT2D eigenvalue weighted by atomic mass is 79.9. The lowest BCUT2D eigenvalue weighted by atomic mass is 10.2. The first kappa shape index (κ1) is 15.9. The normalized spacial score (nSPS) is 10.9. The molecule has 1 aromatic heterocycles. The van der Waals surface area contributed by atoms with Crippen molar-refractivity contribution in [2.45, 2.75) is 33.0 Å². The maximum atomic E-state index is 13.6. The van der Waals surface area contributed by atoms with Crippen LogP contribution >= 0.6 is 15.9 Å². The Morgan fingerprint density at radius 1 is 1.29 bits per heavy atom. The van der Waals surface area contributed by atoms with Crippen molar-refractivity contribution in [2.75, 3.05) is 0 Å². The van der Waals surface area contributed by atoms with E-state index in [2.05, 4.69) is 40.1 Å². The summed E-state index contributed by atoms with van der Waals surface area (Å²) in [5.41, 5.74) is 1.46. The fraction of sp³-hybridized carbons (Fsp3) is 0.312. The third-order valence-corrected chi connectivity index (χ3v) is 3.38. The van der Waals surface area contributed by atoms with Crippen molar-refractivity contribution in [3.8, 4) is 5.75 Å². The molecule has 3 nitrogen and oxygen atoms in total. The average Bonchev–Trinajstić information content (AvgIpc) is 2.47. The third-order valence-electron chi connectivity index (χ3n) is 2.89. The van der Waals surface area contributed by atoms with Crippen molar-refractivity contribution in [1.82, 2.24) is 10.3 Å². The summed E-state index contributed by atoms with van der Waals surface area (Å²) in [5.74, 6) is 0.353. The van der Waals surface area contributed by atoms with Crippen LogP contribution < -0.4 is 10.1 Å². The predicted octanol–water partition coefficient (Wildman–Crippen LogP) is 4.06. The van der Waals surface area contributed by atoms with Crippen LogP contribution in [0.1, 0.15) is 25.1 Å². The molecule has 0 unspecified atom stereocenters. The molecule has 2 rings (SSSR count). The highest BCUT2D eigenvalue weighted by Crippen LogP contribution is 2.18. The van der Waals surface area contributed by atoms with Gasteiger partial charge in [0.1, 0.15) is 18.2 Å². The molecule has 112 valence electrons. The van der Waals surface area contributed by atoms with Crippen LogP contribution in [0, 0.1) is 5.82 Å². The van der Waals surface area contributed by atoms with Gasteiger partial charge in [-0.25, -0.2) is 4.39 Å². The van der Waals surface area contributed by atoms with Crippen molar-refractivity contribution in [2.24, 2.45) is 0 Å². The molecule has 0 aliphatic carbocycles. The van der Waals surface area contributed by atoms with Gasteiger partial charge in [-0.05, 0) is 30.3 Å². The number of hydrogen-bond donors (Lipinski definition) is 1. The summed E-state index contributed by atoms with van der Waals surface area (Å²) in [6, 6.07) is 8.96. The number of pyridine rings is 1. The molecule has 2 aromatic rings. The Balaban J connectivity index is 1.93. The van der Waals surface area contributed by atoms with Gasteiger partial charge >= 0.3 is 0 Å². The number of aromatic nitrogens is 1. The quantitative estimate of drug-likeness (QED) is 0.851. The molecule has 0 aliphatic rings. The van der Waals surface area contributed by atoms with Gasteiger partial charge < -0.3 is 10.1 Å². The minimum absolute atomic E-state index is 0.177. The van der Waals surface area contributed by atoms with Gasteiger partial charge in [-0.15, -0.1) is 0 Å². The van der Waals surface area contributed by atoms with Crippen LogP contribution in [0.2, 0.25) is 0 Å². The van der Waals surface area contributed by atoms with Gasteiger partial charge in [0.05, 0.1) is 11.9 Å². The van der Waals surface area contributed by atoms with Crippen molar-refractivity contribution in [3.05, 3.63) is 58.1 Å². The molecule has 5 heteroatoms. The van der Waals surface area contributed by atoms with Gasteiger partial charge in [0.25, 0.3) is 0 Å². The van der Waals surface area contributed by atoms with E-state index in [0.29, 0.717) is 17.4 Å². The smallest absolute Gasteiger partial charge is 0.138 e. The molecule has 0 saturated carbocycles. The van der Waals surface area contributed by atoms with E-state index in [1.165, 1.54) is 6.07 Å². The maximum absolute atomic E-state index is 13.6. The molecule has 21 heavy (non-hydrogen) atoms. The molecule has 0 atom stereocenters. The standard InChI is InChI=1S/C16H18BrFN2O/c1-11(2)19-8-14-4-5-15(9-20-14)21-10-12-7-13(17)3-6-16(12)18/h3-7,9,11,19H,8,10H2,1-2H3. The molecule has 0 radical (unpaired) electrons. The molecule has 0 spiro atoms. The van der Waals surface area contributed by atoms with Gasteiger partial charge in [0, 0.05) is 22.6 Å². The highest BCUT2D eigenvalue weighted by Gasteiger charge is 2.04. The number of nitrogens with one attached hydrogen (secondary N) is 1. The summed E-state index contributed by atoms with van der Waals surface area (Å²) in [6.45, 7) is 5.07. The first-order valence-corrected chi connectivity index (χ1v) is 7.59. The Morgan fingerprint density at radius 2 is 2.10 bits per heavy atom. The van der Waals surface area contributed by atoms with Crippen LogP contribution in [0.3, 0.4) is 0 Å². The Labute approximate surface area is 132 Å². The van der Waals surface area contributed by atoms with E-state index in [1.807, 2.05) is 12.1 Å². The van der Waals surface area contributed by atoms with E-state index >= 15 is 0 Å². The average molecular weight is 353 g/mol. The number of nitrogens with zero attached hydrogens (tertiary/aromatic N) is 1. The van der Waals surface area contributed by atoms with Gasteiger partial charge in [0.2, 0.25) is 0 Å². The second-order valence-electron chi connectivity index (χ2n) is 5.05. The van der Waals surface area contributed by atoms with Crippen molar-refractivity contribution < 1.29 is 9.13 Å². The van der Waals surface area contributed by atoms with Crippen molar-refractivity contribution in [1.29, 1.82) is 0 Å². The molecule has 0 amide bonds. The Bertz CT molecular complexity index is 587. The van der Waals surface area contributed by atoms with Gasteiger partial charge in [-0.1, -0.05) is 29.8 Å². The fourth-order valence-electron chi connectivity index (χ4n) is 1.72. The lowest BCUT2D eigenvalue weighted by Gasteiger charge is -2.09. The van der Waals surface area contributed by atoms with Crippen LogP contribution in [0.15, 0.2) is 41.0 Å². The topological polar surface area (TPSA) is 34.1 Å². The van der Waals surface area contributed by atoms with E-state index in [9.17, 15) is 4.39 Å². The van der Waals surface area contributed by atoms with Gasteiger partial charge in [-0.3, -0.25) is 4.98 Å². The number of benzene rings is 1. The molecule has 0 saturated heterocycles.